The van der Waals surface area contributed by atoms with E-state index in [1.54, 1.807) is 0 Å². The molecule has 1 atom stereocenters. The Hall–Kier alpha value is -2.56. The topological polar surface area (TPSA) is 65.8 Å². The summed E-state index contributed by atoms with van der Waals surface area (Å²) in [4.78, 5) is 17.2. The van der Waals surface area contributed by atoms with Crippen LogP contribution in [0.4, 0.5) is 5.69 Å². The molecule has 1 aliphatic heterocycles. The Kier molecular flexibility index (Phi) is 2.82. The first kappa shape index (κ1) is 13.1. The molecule has 22 heavy (non-hydrogen) atoms. The summed E-state index contributed by atoms with van der Waals surface area (Å²) in [7, 11) is 0. The fraction of sp³-hybridized carbons (Fsp3) is 0.294. The van der Waals surface area contributed by atoms with Crippen molar-refractivity contribution in [2.24, 2.45) is 5.92 Å². The second-order valence-electron chi connectivity index (χ2n) is 6.05. The number of carbonyl (C=O) groups excluding carboxylic acids is 1. The van der Waals surface area contributed by atoms with Crippen molar-refractivity contribution in [3.63, 3.8) is 0 Å². The highest BCUT2D eigenvalue weighted by Crippen LogP contribution is 2.27. The van der Waals surface area contributed by atoms with Crippen LogP contribution in [0.2, 0.25) is 0 Å². The van der Waals surface area contributed by atoms with Gasteiger partial charge >= 0.3 is 0 Å². The van der Waals surface area contributed by atoms with Gasteiger partial charge in [0.1, 0.15) is 0 Å². The number of anilines is 1. The number of rotatable bonds is 1. The molecule has 112 valence electrons. The number of fused-ring (bicyclic) bond motifs is 2. The maximum Gasteiger partial charge on any atom is 0.234 e. The van der Waals surface area contributed by atoms with Gasteiger partial charge in [-0.05, 0) is 37.6 Å². The van der Waals surface area contributed by atoms with E-state index in [4.69, 9.17) is 5.73 Å². The maximum absolute atomic E-state index is 13.0. The van der Waals surface area contributed by atoms with Crippen molar-refractivity contribution >= 4 is 22.5 Å². The second-order valence-corrected chi connectivity index (χ2v) is 6.05. The number of nitrogens with two attached hydrogens (primary N) is 1. The highest BCUT2D eigenvalue weighted by molar-refractivity contribution is 5.96. The zero-order valence-electron chi connectivity index (χ0n) is 12.5. The molecule has 4 rings (SSSR count). The minimum Gasteiger partial charge on any atom is -0.399 e. The fourth-order valence-corrected chi connectivity index (χ4v) is 3.43. The Balaban J connectivity index is 1.73. The fourth-order valence-electron chi connectivity index (χ4n) is 3.43. The minimum absolute atomic E-state index is 0.0102. The monoisotopic (exact) mass is 294 g/mol. The molecule has 0 saturated heterocycles. The number of imidazole rings is 1. The van der Waals surface area contributed by atoms with Gasteiger partial charge in [0.25, 0.3) is 0 Å². The molecule has 5 nitrogen and oxygen atoms in total. The third kappa shape index (κ3) is 1.93. The first-order valence-corrected chi connectivity index (χ1v) is 7.54. The molecule has 1 aliphatic rings. The van der Waals surface area contributed by atoms with Gasteiger partial charge in [0.15, 0.2) is 0 Å². The van der Waals surface area contributed by atoms with Crippen LogP contribution in [-0.2, 0) is 13.0 Å². The molecular weight excluding hydrogens is 276 g/mol. The van der Waals surface area contributed by atoms with E-state index in [0.29, 0.717) is 0 Å². The van der Waals surface area contributed by atoms with Crippen LogP contribution in [-0.4, -0.2) is 20.0 Å². The van der Waals surface area contributed by atoms with Gasteiger partial charge in [-0.15, -0.1) is 0 Å². The zero-order valence-corrected chi connectivity index (χ0v) is 12.5. The van der Waals surface area contributed by atoms with Crippen LogP contribution >= 0.6 is 0 Å². The summed E-state index contributed by atoms with van der Waals surface area (Å²) in [6.07, 6.45) is 5.32. The highest BCUT2D eigenvalue weighted by Gasteiger charge is 2.27. The Labute approximate surface area is 128 Å². The van der Waals surface area contributed by atoms with Crippen LogP contribution in [0, 0.1) is 12.8 Å². The second kappa shape index (κ2) is 4.73. The Morgan fingerprint density at radius 3 is 3.09 bits per heavy atom. The lowest BCUT2D eigenvalue weighted by molar-refractivity contribution is 0.0815. The van der Waals surface area contributed by atoms with E-state index in [9.17, 15) is 4.79 Å². The molecule has 3 aromatic rings. The molecule has 1 aromatic carbocycles. The van der Waals surface area contributed by atoms with Crippen LogP contribution in [0.15, 0.2) is 36.8 Å². The lowest BCUT2D eigenvalue weighted by Gasteiger charge is -2.23. The average Bonchev–Trinajstić information content (AvgIpc) is 3.08. The SMILES string of the molecule is Cc1cc2cc(N)ccc2n1C(=O)C1CCn2cncc2C1. The minimum atomic E-state index is 0.0102. The van der Waals surface area contributed by atoms with Gasteiger partial charge < -0.3 is 10.3 Å². The molecular formula is C17H18N4O. The maximum atomic E-state index is 13.0. The van der Waals surface area contributed by atoms with Gasteiger partial charge in [-0.25, -0.2) is 4.98 Å². The van der Waals surface area contributed by atoms with E-state index in [2.05, 4.69) is 9.55 Å². The number of carbonyl (C=O) groups is 1. The standard InChI is InChI=1S/C17H18N4O/c1-11-6-13-7-14(18)2-3-16(13)21(11)17(22)12-4-5-20-10-19-9-15(20)8-12/h2-3,6-7,9-10,12H,4-5,8,18H2,1H3. The van der Waals surface area contributed by atoms with Crippen molar-refractivity contribution in [1.82, 2.24) is 14.1 Å². The first-order valence-electron chi connectivity index (χ1n) is 7.54. The van der Waals surface area contributed by atoms with Crippen LogP contribution in [0.25, 0.3) is 10.9 Å². The summed E-state index contributed by atoms with van der Waals surface area (Å²) in [5.74, 6) is 0.181. The summed E-state index contributed by atoms with van der Waals surface area (Å²) in [5, 5.41) is 1.02. The van der Waals surface area contributed by atoms with Crippen LogP contribution < -0.4 is 5.73 Å². The lowest BCUT2D eigenvalue weighted by Crippen LogP contribution is -2.29. The normalized spacial score (nSPS) is 17.6. The van der Waals surface area contributed by atoms with Crippen molar-refractivity contribution < 1.29 is 4.79 Å². The molecule has 0 radical (unpaired) electrons. The van der Waals surface area contributed by atoms with Crippen molar-refractivity contribution in [2.75, 3.05) is 5.73 Å². The quantitative estimate of drug-likeness (QED) is 0.702. The predicted molar refractivity (Wildman–Crippen MR) is 85.8 cm³/mol. The van der Waals surface area contributed by atoms with Crippen LogP contribution in [0.3, 0.4) is 0 Å². The van der Waals surface area contributed by atoms with Crippen molar-refractivity contribution in [2.45, 2.75) is 26.3 Å². The largest absolute Gasteiger partial charge is 0.399 e. The van der Waals surface area contributed by atoms with Gasteiger partial charge in [0.05, 0.1) is 11.8 Å². The van der Waals surface area contributed by atoms with Gasteiger partial charge in [-0.2, -0.15) is 0 Å². The molecule has 0 aliphatic carbocycles. The molecule has 2 aromatic heterocycles. The number of nitrogens with zero attached hydrogens (tertiary/aromatic N) is 3. The first-order chi connectivity index (χ1) is 10.6. The van der Waals surface area contributed by atoms with Crippen LogP contribution in [0.1, 0.15) is 22.6 Å². The van der Waals surface area contributed by atoms with E-state index in [1.165, 1.54) is 0 Å². The number of nitrogen functional groups attached to an aromatic ring is 1. The Bertz CT molecular complexity index is 874. The summed E-state index contributed by atoms with van der Waals surface area (Å²) in [6.45, 7) is 2.83. The molecule has 0 bridgehead atoms. The van der Waals surface area contributed by atoms with Gasteiger partial charge in [-0.1, -0.05) is 0 Å². The molecule has 1 unspecified atom stereocenters. The summed E-state index contributed by atoms with van der Waals surface area (Å²) in [5.41, 5.74) is 9.61. The number of benzene rings is 1. The molecule has 0 saturated carbocycles. The summed E-state index contributed by atoms with van der Waals surface area (Å²) < 4.78 is 3.97. The summed E-state index contributed by atoms with van der Waals surface area (Å²) >= 11 is 0. The Morgan fingerprint density at radius 1 is 1.36 bits per heavy atom. The van der Waals surface area contributed by atoms with Crippen LogP contribution in [0.5, 0.6) is 0 Å². The van der Waals surface area contributed by atoms with Gasteiger partial charge in [-0.3, -0.25) is 9.36 Å². The lowest BCUT2D eigenvalue weighted by atomic mass is 9.95. The van der Waals surface area contributed by atoms with Gasteiger partial charge in [0, 0.05) is 47.5 Å². The Morgan fingerprint density at radius 2 is 2.23 bits per heavy atom. The molecule has 5 heteroatoms. The van der Waals surface area contributed by atoms with Crippen molar-refractivity contribution in [3.05, 3.63) is 48.2 Å². The molecule has 0 amide bonds. The molecule has 3 heterocycles. The molecule has 0 spiro atoms. The number of hydrogen-bond acceptors (Lipinski definition) is 3. The zero-order chi connectivity index (χ0) is 15.3. The van der Waals surface area contributed by atoms with E-state index >= 15 is 0 Å². The third-order valence-electron chi connectivity index (χ3n) is 4.55. The van der Waals surface area contributed by atoms with Gasteiger partial charge in [0.2, 0.25) is 5.91 Å². The van der Waals surface area contributed by atoms with Crippen molar-refractivity contribution in [3.8, 4) is 0 Å². The summed E-state index contributed by atoms with van der Waals surface area (Å²) in [6, 6.07) is 7.73. The number of aryl methyl sites for hydroxylation is 2. The highest BCUT2D eigenvalue weighted by atomic mass is 16.2. The number of aromatic nitrogens is 3. The molecule has 0 fully saturated rings. The van der Waals surface area contributed by atoms with E-state index in [1.807, 2.05) is 48.3 Å². The predicted octanol–water partition coefficient (Wildman–Crippen LogP) is 2.63. The van der Waals surface area contributed by atoms with E-state index in [0.717, 1.165) is 47.4 Å². The smallest absolute Gasteiger partial charge is 0.234 e. The molecule has 2 N–H and O–H groups in total. The van der Waals surface area contributed by atoms with E-state index < -0.39 is 0 Å². The third-order valence-corrected chi connectivity index (χ3v) is 4.55. The average molecular weight is 294 g/mol. The number of hydrogen-bond donors (Lipinski definition) is 1. The van der Waals surface area contributed by atoms with Crippen molar-refractivity contribution in [1.29, 1.82) is 0 Å². The van der Waals surface area contributed by atoms with E-state index in [-0.39, 0.29) is 11.8 Å².